The number of aliphatic hydroxyl groups is 1. The van der Waals surface area contributed by atoms with Crippen LogP contribution >= 0.6 is 0 Å². The van der Waals surface area contributed by atoms with Crippen molar-refractivity contribution in [1.29, 1.82) is 0 Å². The molecule has 1 N–H and O–H groups in total. The molecule has 0 fully saturated rings. The van der Waals surface area contributed by atoms with Crippen LogP contribution in [0, 0.1) is 0 Å². The molecule has 3 heteroatoms. The van der Waals surface area contributed by atoms with Crippen LogP contribution < -0.4 is 0 Å². The molecule has 1 atom stereocenters. The second-order valence-corrected chi connectivity index (χ2v) is 3.04. The van der Waals surface area contributed by atoms with E-state index >= 15 is 0 Å². The van der Waals surface area contributed by atoms with Gasteiger partial charge in [0.15, 0.2) is 0 Å². The summed E-state index contributed by atoms with van der Waals surface area (Å²) in [6, 6.07) is 0. The second-order valence-electron chi connectivity index (χ2n) is 3.04. The standard InChI is InChI=1S/C10H12O3/c1-7(2)4-3-5-8-6-9(11)13-10(8)12/h3-6,10,12H,1-2H3. The van der Waals surface area contributed by atoms with Crippen molar-refractivity contribution in [3.63, 3.8) is 0 Å². The Labute approximate surface area is 77.0 Å². The Bertz CT molecular complexity index is 293. The number of ether oxygens (including phenoxy) is 1. The van der Waals surface area contributed by atoms with Gasteiger partial charge in [-0.05, 0) is 13.8 Å². The maximum atomic E-state index is 10.7. The van der Waals surface area contributed by atoms with E-state index in [0.29, 0.717) is 5.57 Å². The summed E-state index contributed by atoms with van der Waals surface area (Å²) in [6.07, 6.45) is 5.49. The van der Waals surface area contributed by atoms with Crippen LogP contribution in [0.2, 0.25) is 0 Å². The molecule has 70 valence electrons. The van der Waals surface area contributed by atoms with E-state index < -0.39 is 12.3 Å². The van der Waals surface area contributed by atoms with Crippen molar-refractivity contribution in [2.75, 3.05) is 0 Å². The first kappa shape index (κ1) is 9.74. The molecule has 0 spiro atoms. The number of rotatable bonds is 2. The Balaban J connectivity index is 2.64. The average Bonchev–Trinajstić information content (AvgIpc) is 2.29. The van der Waals surface area contributed by atoms with E-state index in [1.807, 2.05) is 19.9 Å². The average molecular weight is 180 g/mol. The van der Waals surface area contributed by atoms with Gasteiger partial charge in [-0.2, -0.15) is 0 Å². The normalized spacial score (nSPS) is 21.6. The fourth-order valence-corrected chi connectivity index (χ4v) is 0.902. The van der Waals surface area contributed by atoms with Gasteiger partial charge in [0.25, 0.3) is 0 Å². The number of hydrogen-bond acceptors (Lipinski definition) is 3. The van der Waals surface area contributed by atoms with Crippen molar-refractivity contribution >= 4 is 5.97 Å². The lowest BCUT2D eigenvalue weighted by atomic mass is 10.2. The van der Waals surface area contributed by atoms with Gasteiger partial charge in [-0.1, -0.05) is 23.8 Å². The smallest absolute Gasteiger partial charge is 0.333 e. The van der Waals surface area contributed by atoms with Gasteiger partial charge in [0.2, 0.25) is 6.29 Å². The zero-order chi connectivity index (χ0) is 9.84. The SMILES string of the molecule is CC(C)=CC=CC1=CC(=O)OC1O. The molecule has 0 aromatic carbocycles. The van der Waals surface area contributed by atoms with Gasteiger partial charge in [0.05, 0.1) is 0 Å². The Kier molecular flexibility index (Phi) is 3.03. The van der Waals surface area contributed by atoms with E-state index in [-0.39, 0.29) is 0 Å². The lowest BCUT2D eigenvalue weighted by Crippen LogP contribution is -2.08. The third-order valence-corrected chi connectivity index (χ3v) is 1.52. The zero-order valence-electron chi connectivity index (χ0n) is 7.65. The number of hydrogen-bond donors (Lipinski definition) is 1. The van der Waals surface area contributed by atoms with E-state index in [9.17, 15) is 4.79 Å². The lowest BCUT2D eigenvalue weighted by Gasteiger charge is -2.01. The van der Waals surface area contributed by atoms with E-state index in [2.05, 4.69) is 4.74 Å². The van der Waals surface area contributed by atoms with Crippen molar-refractivity contribution in [3.8, 4) is 0 Å². The van der Waals surface area contributed by atoms with E-state index in [1.165, 1.54) is 6.08 Å². The van der Waals surface area contributed by atoms with E-state index in [0.717, 1.165) is 5.57 Å². The molecule has 0 aromatic heterocycles. The highest BCUT2D eigenvalue weighted by molar-refractivity contribution is 5.86. The van der Waals surface area contributed by atoms with Gasteiger partial charge < -0.3 is 9.84 Å². The van der Waals surface area contributed by atoms with Crippen LogP contribution in [0.5, 0.6) is 0 Å². The molecule has 0 bridgehead atoms. The van der Waals surface area contributed by atoms with Gasteiger partial charge in [0, 0.05) is 11.6 Å². The lowest BCUT2D eigenvalue weighted by molar-refractivity contribution is -0.150. The molecular formula is C10H12O3. The minimum atomic E-state index is -1.10. The van der Waals surface area contributed by atoms with Gasteiger partial charge in [-0.3, -0.25) is 0 Å². The molecule has 1 aliphatic heterocycles. The molecule has 1 rings (SSSR count). The summed E-state index contributed by atoms with van der Waals surface area (Å²) < 4.78 is 4.48. The van der Waals surface area contributed by atoms with Crippen molar-refractivity contribution in [2.24, 2.45) is 0 Å². The van der Waals surface area contributed by atoms with E-state index in [4.69, 9.17) is 5.11 Å². The Morgan fingerprint density at radius 3 is 2.77 bits per heavy atom. The summed E-state index contributed by atoms with van der Waals surface area (Å²) in [7, 11) is 0. The van der Waals surface area contributed by atoms with Crippen molar-refractivity contribution in [2.45, 2.75) is 20.1 Å². The highest BCUT2D eigenvalue weighted by Gasteiger charge is 2.20. The van der Waals surface area contributed by atoms with Crippen molar-refractivity contribution in [1.82, 2.24) is 0 Å². The summed E-state index contributed by atoms with van der Waals surface area (Å²) >= 11 is 0. The Morgan fingerprint density at radius 1 is 1.62 bits per heavy atom. The third kappa shape index (κ3) is 2.87. The molecule has 13 heavy (non-hydrogen) atoms. The van der Waals surface area contributed by atoms with Crippen LogP contribution in [0.4, 0.5) is 0 Å². The number of aliphatic hydroxyl groups excluding tert-OH is 1. The van der Waals surface area contributed by atoms with E-state index in [1.54, 1.807) is 12.2 Å². The Morgan fingerprint density at radius 2 is 2.31 bits per heavy atom. The maximum absolute atomic E-state index is 10.7. The molecule has 0 saturated carbocycles. The first-order valence-corrected chi connectivity index (χ1v) is 4.01. The second kappa shape index (κ2) is 4.05. The molecule has 1 unspecified atom stereocenters. The quantitative estimate of drug-likeness (QED) is 0.514. The molecule has 1 aliphatic rings. The maximum Gasteiger partial charge on any atom is 0.333 e. The molecule has 0 aliphatic carbocycles. The fourth-order valence-electron chi connectivity index (χ4n) is 0.902. The largest absolute Gasteiger partial charge is 0.428 e. The van der Waals surface area contributed by atoms with Crippen LogP contribution in [-0.4, -0.2) is 17.4 Å². The fraction of sp³-hybridized carbons (Fsp3) is 0.300. The third-order valence-electron chi connectivity index (χ3n) is 1.52. The molecule has 3 nitrogen and oxygen atoms in total. The van der Waals surface area contributed by atoms with Gasteiger partial charge in [0.1, 0.15) is 0 Å². The number of cyclic esters (lactones) is 1. The molecular weight excluding hydrogens is 168 g/mol. The monoisotopic (exact) mass is 180 g/mol. The highest BCUT2D eigenvalue weighted by Crippen LogP contribution is 2.14. The minimum absolute atomic E-state index is 0.488. The number of esters is 1. The number of carbonyl (C=O) groups is 1. The van der Waals surface area contributed by atoms with Crippen LogP contribution in [0.3, 0.4) is 0 Å². The first-order chi connectivity index (χ1) is 6.09. The summed E-state index contributed by atoms with van der Waals surface area (Å²) in [4.78, 5) is 10.7. The summed E-state index contributed by atoms with van der Waals surface area (Å²) in [5.74, 6) is -0.496. The summed E-state index contributed by atoms with van der Waals surface area (Å²) in [5.41, 5.74) is 1.64. The molecule has 0 saturated heterocycles. The van der Waals surface area contributed by atoms with Crippen LogP contribution in [0.1, 0.15) is 13.8 Å². The predicted octanol–water partition coefficient (Wildman–Crippen LogP) is 1.31. The first-order valence-electron chi connectivity index (χ1n) is 4.01. The van der Waals surface area contributed by atoms with Gasteiger partial charge in [-0.25, -0.2) is 4.79 Å². The predicted molar refractivity (Wildman–Crippen MR) is 48.8 cm³/mol. The molecule has 1 heterocycles. The molecule has 0 amide bonds. The number of carbonyl (C=O) groups excluding carboxylic acids is 1. The zero-order valence-corrected chi connectivity index (χ0v) is 7.65. The summed E-state index contributed by atoms with van der Waals surface area (Å²) in [6.45, 7) is 3.93. The van der Waals surface area contributed by atoms with Crippen molar-refractivity contribution < 1.29 is 14.6 Å². The Hall–Kier alpha value is -1.35. The van der Waals surface area contributed by atoms with Crippen LogP contribution in [0.15, 0.2) is 35.5 Å². The summed E-state index contributed by atoms with van der Waals surface area (Å²) in [5, 5.41) is 9.14. The molecule has 0 radical (unpaired) electrons. The topological polar surface area (TPSA) is 46.5 Å². The van der Waals surface area contributed by atoms with Gasteiger partial charge in [-0.15, -0.1) is 0 Å². The minimum Gasteiger partial charge on any atom is -0.428 e. The highest BCUT2D eigenvalue weighted by atomic mass is 16.6. The van der Waals surface area contributed by atoms with Crippen LogP contribution in [0.25, 0.3) is 0 Å². The van der Waals surface area contributed by atoms with Gasteiger partial charge >= 0.3 is 5.97 Å². The van der Waals surface area contributed by atoms with Crippen molar-refractivity contribution in [3.05, 3.63) is 35.5 Å². The molecule has 0 aromatic rings. The van der Waals surface area contributed by atoms with Crippen LogP contribution in [-0.2, 0) is 9.53 Å². The number of allylic oxidation sites excluding steroid dienone is 3.